The molecule has 2 unspecified atom stereocenters. The summed E-state index contributed by atoms with van der Waals surface area (Å²) in [6.07, 6.45) is 8.18. The first kappa shape index (κ1) is 12.7. The summed E-state index contributed by atoms with van der Waals surface area (Å²) in [6, 6.07) is 0.543. The number of aliphatic carboxylic acids is 1. The van der Waals surface area contributed by atoms with Crippen LogP contribution in [0.2, 0.25) is 0 Å². The summed E-state index contributed by atoms with van der Waals surface area (Å²) in [5.74, 6) is 0.00441. The van der Waals surface area contributed by atoms with E-state index >= 15 is 0 Å². The van der Waals surface area contributed by atoms with Crippen LogP contribution in [0.1, 0.15) is 37.2 Å². The molecule has 5 nitrogen and oxygen atoms in total. The van der Waals surface area contributed by atoms with E-state index < -0.39 is 5.97 Å². The Balaban J connectivity index is 1.67. The third-order valence-electron chi connectivity index (χ3n) is 4.27. The fraction of sp³-hybridized carbons (Fsp3) is 0.714. The van der Waals surface area contributed by atoms with Crippen LogP contribution in [-0.2, 0) is 24.2 Å². The molecule has 0 radical (unpaired) electrons. The summed E-state index contributed by atoms with van der Waals surface area (Å²) < 4.78 is 2.14. The highest BCUT2D eigenvalue weighted by Gasteiger charge is 2.26. The highest BCUT2D eigenvalue weighted by molar-refractivity contribution is 5.70. The van der Waals surface area contributed by atoms with E-state index in [1.165, 1.54) is 19.3 Å². The number of hydrogen-bond donors (Lipinski definition) is 2. The minimum atomic E-state index is -0.690. The van der Waals surface area contributed by atoms with Gasteiger partial charge < -0.3 is 15.0 Å². The molecule has 0 aliphatic carbocycles. The number of aryl methyl sites for hydroxylation is 1. The normalized spacial score (nSPS) is 26.9. The average molecular weight is 263 g/mol. The number of carbonyl (C=O) groups is 1. The Labute approximate surface area is 113 Å². The van der Waals surface area contributed by atoms with Gasteiger partial charge in [-0.25, -0.2) is 4.98 Å². The predicted molar refractivity (Wildman–Crippen MR) is 71.0 cm³/mol. The Kier molecular flexibility index (Phi) is 3.55. The van der Waals surface area contributed by atoms with Gasteiger partial charge >= 0.3 is 5.97 Å². The first-order valence-electron chi connectivity index (χ1n) is 7.23. The SMILES string of the molecule is O=C(O)C1CCn2cc(CC3CCCCN3)nc2C1. The molecule has 104 valence electrons. The van der Waals surface area contributed by atoms with Gasteiger partial charge in [-0.15, -0.1) is 0 Å². The summed E-state index contributed by atoms with van der Waals surface area (Å²) in [5.41, 5.74) is 1.11. The molecule has 0 aromatic carbocycles. The molecule has 0 amide bonds. The number of piperidine rings is 1. The maximum absolute atomic E-state index is 11.0. The summed E-state index contributed by atoms with van der Waals surface area (Å²) in [4.78, 5) is 15.7. The molecule has 0 spiro atoms. The standard InChI is InChI=1S/C14H21N3O2/c18-14(19)10-4-6-17-9-12(16-13(17)7-10)8-11-3-1-2-5-15-11/h9-11,15H,1-8H2,(H,18,19). The zero-order valence-corrected chi connectivity index (χ0v) is 11.1. The van der Waals surface area contributed by atoms with E-state index in [2.05, 4.69) is 21.1 Å². The van der Waals surface area contributed by atoms with Gasteiger partial charge in [0.25, 0.3) is 0 Å². The van der Waals surface area contributed by atoms with Crippen LogP contribution in [0.25, 0.3) is 0 Å². The molecule has 5 heteroatoms. The van der Waals surface area contributed by atoms with E-state index in [1.807, 2.05) is 0 Å². The Bertz CT molecular complexity index is 463. The maximum atomic E-state index is 11.0. The van der Waals surface area contributed by atoms with Crippen molar-refractivity contribution in [3.63, 3.8) is 0 Å². The Morgan fingerprint density at radius 3 is 3.11 bits per heavy atom. The zero-order chi connectivity index (χ0) is 13.2. The van der Waals surface area contributed by atoms with Crippen molar-refractivity contribution in [1.29, 1.82) is 0 Å². The number of imidazole rings is 1. The van der Waals surface area contributed by atoms with Crippen molar-refractivity contribution in [3.05, 3.63) is 17.7 Å². The molecule has 2 N–H and O–H groups in total. The van der Waals surface area contributed by atoms with E-state index in [0.29, 0.717) is 12.5 Å². The van der Waals surface area contributed by atoms with Crippen molar-refractivity contribution in [2.75, 3.05) is 6.54 Å². The quantitative estimate of drug-likeness (QED) is 0.860. The number of rotatable bonds is 3. The lowest BCUT2D eigenvalue weighted by molar-refractivity contribution is -0.142. The molecular weight excluding hydrogens is 242 g/mol. The van der Waals surface area contributed by atoms with Crippen LogP contribution in [0.4, 0.5) is 0 Å². The molecule has 2 aliphatic heterocycles. The molecule has 19 heavy (non-hydrogen) atoms. The van der Waals surface area contributed by atoms with Gasteiger partial charge in [0, 0.05) is 31.6 Å². The molecule has 1 aromatic rings. The van der Waals surface area contributed by atoms with Gasteiger partial charge in [-0.1, -0.05) is 6.42 Å². The highest BCUT2D eigenvalue weighted by atomic mass is 16.4. The van der Waals surface area contributed by atoms with Crippen LogP contribution in [0, 0.1) is 5.92 Å². The van der Waals surface area contributed by atoms with Gasteiger partial charge in [0.1, 0.15) is 5.82 Å². The third-order valence-corrected chi connectivity index (χ3v) is 4.27. The monoisotopic (exact) mass is 263 g/mol. The second-order valence-corrected chi connectivity index (χ2v) is 5.72. The molecule has 3 heterocycles. The van der Waals surface area contributed by atoms with E-state index in [9.17, 15) is 4.79 Å². The summed E-state index contributed by atoms with van der Waals surface area (Å²) in [6.45, 7) is 1.90. The molecule has 0 saturated carbocycles. The molecule has 1 saturated heterocycles. The van der Waals surface area contributed by atoms with Gasteiger partial charge in [0.2, 0.25) is 0 Å². The van der Waals surface area contributed by atoms with Gasteiger partial charge in [-0.05, 0) is 25.8 Å². The molecule has 1 fully saturated rings. The average Bonchev–Trinajstić information content (AvgIpc) is 2.80. The van der Waals surface area contributed by atoms with Crippen molar-refractivity contribution < 1.29 is 9.90 Å². The molecule has 1 aromatic heterocycles. The van der Waals surface area contributed by atoms with Crippen LogP contribution in [-0.4, -0.2) is 33.2 Å². The van der Waals surface area contributed by atoms with Crippen LogP contribution >= 0.6 is 0 Å². The van der Waals surface area contributed by atoms with E-state index in [1.54, 1.807) is 0 Å². The number of nitrogens with zero attached hydrogens (tertiary/aromatic N) is 2. The van der Waals surface area contributed by atoms with Gasteiger partial charge in [-0.3, -0.25) is 4.79 Å². The second kappa shape index (κ2) is 5.33. The van der Waals surface area contributed by atoms with Crippen molar-refractivity contribution in [1.82, 2.24) is 14.9 Å². The molecular formula is C14H21N3O2. The fourth-order valence-corrected chi connectivity index (χ4v) is 3.15. The molecule has 2 atom stereocenters. The van der Waals surface area contributed by atoms with Gasteiger partial charge in [0.15, 0.2) is 0 Å². The second-order valence-electron chi connectivity index (χ2n) is 5.72. The lowest BCUT2D eigenvalue weighted by Crippen LogP contribution is -2.35. The lowest BCUT2D eigenvalue weighted by Gasteiger charge is -2.22. The first-order chi connectivity index (χ1) is 9.22. The zero-order valence-electron chi connectivity index (χ0n) is 11.1. The molecule has 0 bridgehead atoms. The number of hydrogen-bond acceptors (Lipinski definition) is 3. The third kappa shape index (κ3) is 2.81. The lowest BCUT2D eigenvalue weighted by atomic mass is 9.98. The van der Waals surface area contributed by atoms with Crippen molar-refractivity contribution in [3.8, 4) is 0 Å². The Morgan fingerprint density at radius 1 is 1.47 bits per heavy atom. The highest BCUT2D eigenvalue weighted by Crippen LogP contribution is 2.21. The number of carboxylic acids is 1. The Morgan fingerprint density at radius 2 is 2.37 bits per heavy atom. The van der Waals surface area contributed by atoms with Crippen LogP contribution in [0.15, 0.2) is 6.20 Å². The Hall–Kier alpha value is -1.36. The summed E-state index contributed by atoms with van der Waals surface area (Å²) in [5, 5.41) is 12.6. The van der Waals surface area contributed by atoms with E-state index in [-0.39, 0.29) is 5.92 Å². The topological polar surface area (TPSA) is 67.2 Å². The van der Waals surface area contributed by atoms with E-state index in [0.717, 1.165) is 37.4 Å². The fourth-order valence-electron chi connectivity index (χ4n) is 3.15. The minimum absolute atomic E-state index is 0.254. The van der Waals surface area contributed by atoms with Crippen LogP contribution in [0.3, 0.4) is 0 Å². The van der Waals surface area contributed by atoms with Gasteiger partial charge in [-0.2, -0.15) is 0 Å². The molecule has 3 rings (SSSR count). The number of nitrogens with one attached hydrogen (secondary N) is 1. The van der Waals surface area contributed by atoms with Crippen LogP contribution in [0.5, 0.6) is 0 Å². The number of carboxylic acid groups (broad SMARTS) is 1. The summed E-state index contributed by atoms with van der Waals surface area (Å²) in [7, 11) is 0. The van der Waals surface area contributed by atoms with Crippen molar-refractivity contribution in [2.45, 2.75) is 51.1 Å². The van der Waals surface area contributed by atoms with Gasteiger partial charge in [0.05, 0.1) is 11.6 Å². The summed E-state index contributed by atoms with van der Waals surface area (Å²) >= 11 is 0. The first-order valence-corrected chi connectivity index (χ1v) is 7.23. The maximum Gasteiger partial charge on any atom is 0.307 e. The molecule has 2 aliphatic rings. The largest absolute Gasteiger partial charge is 0.481 e. The number of fused-ring (bicyclic) bond motifs is 1. The smallest absolute Gasteiger partial charge is 0.307 e. The van der Waals surface area contributed by atoms with E-state index in [4.69, 9.17) is 5.11 Å². The minimum Gasteiger partial charge on any atom is -0.481 e. The van der Waals surface area contributed by atoms with Crippen LogP contribution < -0.4 is 5.32 Å². The number of aromatic nitrogens is 2. The van der Waals surface area contributed by atoms with Crippen molar-refractivity contribution in [2.24, 2.45) is 5.92 Å². The van der Waals surface area contributed by atoms with Crippen molar-refractivity contribution >= 4 is 5.97 Å². The predicted octanol–water partition coefficient (Wildman–Crippen LogP) is 1.21.